The summed E-state index contributed by atoms with van der Waals surface area (Å²) in [7, 11) is 0. The fraction of sp³-hybridized carbons (Fsp3) is 0.0667. The molecule has 5 heteroatoms. The monoisotopic (exact) mass is 298 g/mol. The summed E-state index contributed by atoms with van der Waals surface area (Å²) in [5.41, 5.74) is 1.68. The first-order chi connectivity index (χ1) is 9.39. The predicted octanol–water partition coefficient (Wildman–Crippen LogP) is 5.55. The largest absolute Gasteiger partial charge is 0.573 e. The van der Waals surface area contributed by atoms with Gasteiger partial charge in [-0.15, -0.1) is 13.2 Å². The van der Waals surface area contributed by atoms with Crippen molar-refractivity contribution in [3.05, 3.63) is 59.6 Å². The Balaban J connectivity index is 2.51. The first kappa shape index (κ1) is 14.5. The van der Waals surface area contributed by atoms with E-state index in [0.29, 0.717) is 21.7 Å². The summed E-state index contributed by atoms with van der Waals surface area (Å²) in [6.45, 7) is 3.56. The molecule has 0 aliphatic rings. The van der Waals surface area contributed by atoms with E-state index in [1.807, 2.05) is 0 Å². The van der Waals surface area contributed by atoms with E-state index in [1.54, 1.807) is 30.3 Å². The summed E-state index contributed by atoms with van der Waals surface area (Å²) in [5.74, 6) is -0.301. The third-order valence-electron chi connectivity index (χ3n) is 2.58. The van der Waals surface area contributed by atoms with E-state index in [9.17, 15) is 13.2 Å². The van der Waals surface area contributed by atoms with Crippen LogP contribution in [0.4, 0.5) is 13.2 Å². The average Bonchev–Trinajstić information content (AvgIpc) is 2.36. The summed E-state index contributed by atoms with van der Waals surface area (Å²) in [6, 6.07) is 11.1. The van der Waals surface area contributed by atoms with Crippen molar-refractivity contribution in [2.45, 2.75) is 6.36 Å². The van der Waals surface area contributed by atoms with Gasteiger partial charge < -0.3 is 4.74 Å². The lowest BCUT2D eigenvalue weighted by molar-refractivity contribution is -0.274. The quantitative estimate of drug-likeness (QED) is 0.722. The highest BCUT2D eigenvalue weighted by Gasteiger charge is 2.31. The van der Waals surface area contributed by atoms with Crippen LogP contribution in [0.1, 0.15) is 5.56 Å². The van der Waals surface area contributed by atoms with E-state index < -0.39 is 6.36 Å². The van der Waals surface area contributed by atoms with Crippen molar-refractivity contribution in [3.63, 3.8) is 0 Å². The summed E-state index contributed by atoms with van der Waals surface area (Å²) in [5, 5.41) is 0.451. The number of halogens is 4. The van der Waals surface area contributed by atoms with Crippen molar-refractivity contribution in [1.29, 1.82) is 0 Å². The molecule has 0 N–H and O–H groups in total. The van der Waals surface area contributed by atoms with Crippen LogP contribution in [0.15, 0.2) is 49.0 Å². The SMILES string of the molecule is C=Cc1cc(OC(F)(F)F)cc(-c2ccccc2Cl)c1. The van der Waals surface area contributed by atoms with Crippen molar-refractivity contribution >= 4 is 17.7 Å². The third-order valence-corrected chi connectivity index (χ3v) is 2.91. The van der Waals surface area contributed by atoms with Gasteiger partial charge in [0.2, 0.25) is 0 Å². The lowest BCUT2D eigenvalue weighted by Gasteiger charge is -2.12. The summed E-state index contributed by atoms with van der Waals surface area (Å²) < 4.78 is 40.9. The number of ether oxygens (including phenoxy) is 1. The van der Waals surface area contributed by atoms with Gasteiger partial charge in [0.25, 0.3) is 0 Å². The molecule has 0 bridgehead atoms. The van der Waals surface area contributed by atoms with E-state index in [2.05, 4.69) is 11.3 Å². The zero-order valence-electron chi connectivity index (χ0n) is 10.2. The van der Waals surface area contributed by atoms with Crippen molar-refractivity contribution < 1.29 is 17.9 Å². The molecule has 2 aromatic carbocycles. The lowest BCUT2D eigenvalue weighted by atomic mass is 10.0. The summed E-state index contributed by atoms with van der Waals surface area (Å²) >= 11 is 6.05. The number of alkyl halides is 3. The maximum Gasteiger partial charge on any atom is 0.573 e. The van der Waals surface area contributed by atoms with Gasteiger partial charge in [-0.2, -0.15) is 0 Å². The van der Waals surface area contributed by atoms with Crippen LogP contribution in [0.5, 0.6) is 5.75 Å². The Labute approximate surface area is 119 Å². The molecular formula is C15H10ClF3O. The fourth-order valence-electron chi connectivity index (χ4n) is 1.78. The standard InChI is InChI=1S/C15H10ClF3O/c1-2-10-7-11(13-5-3-4-6-14(13)16)9-12(8-10)20-15(17,18)19/h2-9H,1H2. The zero-order valence-corrected chi connectivity index (χ0v) is 11.0. The number of hydrogen-bond acceptors (Lipinski definition) is 1. The van der Waals surface area contributed by atoms with Crippen LogP contribution in [0.2, 0.25) is 5.02 Å². The van der Waals surface area contributed by atoms with Gasteiger partial charge in [-0.05, 0) is 35.4 Å². The van der Waals surface area contributed by atoms with Gasteiger partial charge in [-0.1, -0.05) is 42.5 Å². The Kier molecular flexibility index (Phi) is 4.04. The second kappa shape index (κ2) is 5.59. The van der Waals surface area contributed by atoms with Crippen LogP contribution in [-0.4, -0.2) is 6.36 Å². The number of rotatable bonds is 3. The highest BCUT2D eigenvalue weighted by molar-refractivity contribution is 6.33. The third kappa shape index (κ3) is 3.54. The van der Waals surface area contributed by atoms with Gasteiger partial charge >= 0.3 is 6.36 Å². The minimum absolute atomic E-state index is 0.301. The van der Waals surface area contributed by atoms with Crippen LogP contribution in [0.3, 0.4) is 0 Å². The van der Waals surface area contributed by atoms with E-state index in [1.165, 1.54) is 18.2 Å². The van der Waals surface area contributed by atoms with E-state index in [0.717, 1.165) is 0 Å². The van der Waals surface area contributed by atoms with Crippen molar-refractivity contribution in [2.24, 2.45) is 0 Å². The summed E-state index contributed by atoms with van der Waals surface area (Å²) in [6.07, 6.45) is -3.29. The minimum Gasteiger partial charge on any atom is -0.406 e. The first-order valence-electron chi connectivity index (χ1n) is 5.67. The van der Waals surface area contributed by atoms with Gasteiger partial charge in [0, 0.05) is 10.6 Å². The molecule has 1 nitrogen and oxygen atoms in total. The van der Waals surface area contributed by atoms with Crippen molar-refractivity contribution in [2.75, 3.05) is 0 Å². The Hall–Kier alpha value is -1.94. The summed E-state index contributed by atoms with van der Waals surface area (Å²) in [4.78, 5) is 0. The fourth-order valence-corrected chi connectivity index (χ4v) is 2.03. The molecule has 0 aromatic heterocycles. The second-order valence-corrected chi connectivity index (χ2v) is 4.43. The molecule has 0 heterocycles. The normalized spacial score (nSPS) is 11.2. The van der Waals surface area contributed by atoms with Crippen LogP contribution >= 0.6 is 11.6 Å². The van der Waals surface area contributed by atoms with E-state index in [-0.39, 0.29) is 5.75 Å². The molecule has 2 rings (SSSR count). The molecule has 0 spiro atoms. The van der Waals surface area contributed by atoms with Gasteiger partial charge in [-0.3, -0.25) is 0 Å². The van der Waals surface area contributed by atoms with Gasteiger partial charge in [-0.25, -0.2) is 0 Å². The first-order valence-corrected chi connectivity index (χ1v) is 6.05. The molecule has 20 heavy (non-hydrogen) atoms. The molecule has 2 aromatic rings. The smallest absolute Gasteiger partial charge is 0.406 e. The molecule has 0 radical (unpaired) electrons. The molecule has 104 valence electrons. The van der Waals surface area contributed by atoms with Crippen molar-refractivity contribution in [1.82, 2.24) is 0 Å². The maximum atomic E-state index is 12.3. The Morgan fingerprint density at radius 1 is 1.10 bits per heavy atom. The Morgan fingerprint density at radius 2 is 1.80 bits per heavy atom. The molecule has 0 saturated carbocycles. The van der Waals surface area contributed by atoms with Gasteiger partial charge in [0.15, 0.2) is 0 Å². The topological polar surface area (TPSA) is 9.23 Å². The Morgan fingerprint density at radius 3 is 2.40 bits per heavy atom. The van der Waals surface area contributed by atoms with Gasteiger partial charge in [0.05, 0.1) is 0 Å². The highest BCUT2D eigenvalue weighted by Crippen LogP contribution is 2.33. The number of benzene rings is 2. The molecule has 0 atom stereocenters. The Bertz CT molecular complexity index is 635. The van der Waals surface area contributed by atoms with E-state index >= 15 is 0 Å². The molecular weight excluding hydrogens is 289 g/mol. The molecule has 0 fully saturated rings. The van der Waals surface area contributed by atoms with Gasteiger partial charge in [0.1, 0.15) is 5.75 Å². The average molecular weight is 299 g/mol. The maximum absolute atomic E-state index is 12.3. The van der Waals surface area contributed by atoms with Crippen LogP contribution < -0.4 is 4.74 Å². The van der Waals surface area contributed by atoms with Crippen LogP contribution in [-0.2, 0) is 0 Å². The lowest BCUT2D eigenvalue weighted by Crippen LogP contribution is -2.17. The number of hydrogen-bond donors (Lipinski definition) is 0. The molecule has 0 amide bonds. The van der Waals surface area contributed by atoms with E-state index in [4.69, 9.17) is 11.6 Å². The van der Waals surface area contributed by atoms with Crippen LogP contribution in [0.25, 0.3) is 17.2 Å². The second-order valence-electron chi connectivity index (χ2n) is 4.02. The molecule has 0 aliphatic carbocycles. The zero-order chi connectivity index (χ0) is 14.8. The van der Waals surface area contributed by atoms with Crippen molar-refractivity contribution in [3.8, 4) is 16.9 Å². The molecule has 0 aliphatic heterocycles. The minimum atomic E-state index is -4.74. The molecule has 0 unspecified atom stereocenters. The molecule has 0 saturated heterocycles. The highest BCUT2D eigenvalue weighted by atomic mass is 35.5. The van der Waals surface area contributed by atoms with Crippen LogP contribution in [0, 0.1) is 0 Å². The predicted molar refractivity (Wildman–Crippen MR) is 73.7 cm³/mol.